The highest BCUT2D eigenvalue weighted by Crippen LogP contribution is 2.35. The first-order chi connectivity index (χ1) is 11.4. The van der Waals surface area contributed by atoms with E-state index in [1.807, 2.05) is 22.7 Å². The van der Waals surface area contributed by atoms with Gasteiger partial charge in [-0.1, -0.05) is 32.0 Å². The Kier molecular flexibility index (Phi) is 4.48. The Hall–Kier alpha value is -2.10. The molecule has 0 radical (unpaired) electrons. The highest BCUT2D eigenvalue weighted by molar-refractivity contribution is 5.93. The fourth-order valence-corrected chi connectivity index (χ4v) is 3.74. The molecule has 1 atom stereocenters. The number of likely N-dealkylation sites (tertiary alicyclic amines) is 1. The van der Waals surface area contributed by atoms with Crippen molar-refractivity contribution in [1.29, 1.82) is 0 Å². The van der Waals surface area contributed by atoms with Gasteiger partial charge in [-0.05, 0) is 55.4 Å². The smallest absolute Gasteiger partial charge is 0.274 e. The van der Waals surface area contributed by atoms with E-state index in [0.29, 0.717) is 11.6 Å². The van der Waals surface area contributed by atoms with Crippen LogP contribution in [-0.2, 0) is 7.05 Å². The van der Waals surface area contributed by atoms with Crippen LogP contribution >= 0.6 is 0 Å². The molecule has 1 aliphatic heterocycles. The Morgan fingerprint density at radius 3 is 2.71 bits per heavy atom. The third kappa shape index (κ3) is 2.85. The predicted octanol–water partition coefficient (Wildman–Crippen LogP) is 4.14. The molecule has 1 unspecified atom stereocenters. The number of carbonyl (C=O) groups excluding carboxylic acids is 1. The molecular formula is C20H27N3O. The normalized spacial score (nSPS) is 17.8. The fraction of sp³-hybridized carbons (Fsp3) is 0.500. The number of aromatic nitrogens is 2. The summed E-state index contributed by atoms with van der Waals surface area (Å²) in [5.74, 6) is 0.415. The van der Waals surface area contributed by atoms with Crippen molar-refractivity contribution in [2.75, 3.05) is 6.54 Å². The molecule has 1 aliphatic rings. The Bertz CT molecular complexity index is 760. The number of carbonyl (C=O) groups is 1. The molecule has 2 heterocycles. The average molecular weight is 325 g/mol. The van der Waals surface area contributed by atoms with Crippen LogP contribution in [0, 0.1) is 13.8 Å². The molecule has 0 saturated carbocycles. The zero-order valence-corrected chi connectivity index (χ0v) is 15.3. The van der Waals surface area contributed by atoms with E-state index in [4.69, 9.17) is 0 Å². The minimum absolute atomic E-state index is 0.0564. The number of amides is 1. The van der Waals surface area contributed by atoms with E-state index in [-0.39, 0.29) is 11.9 Å². The summed E-state index contributed by atoms with van der Waals surface area (Å²) in [6.07, 6.45) is 2.08. The van der Waals surface area contributed by atoms with Crippen LogP contribution < -0.4 is 0 Å². The number of benzene rings is 1. The molecule has 2 aromatic rings. The molecule has 4 nitrogen and oxygen atoms in total. The van der Waals surface area contributed by atoms with E-state index < -0.39 is 0 Å². The predicted molar refractivity (Wildman–Crippen MR) is 96.2 cm³/mol. The quantitative estimate of drug-likeness (QED) is 0.850. The summed E-state index contributed by atoms with van der Waals surface area (Å²) in [4.78, 5) is 15.1. The van der Waals surface area contributed by atoms with E-state index in [2.05, 4.69) is 51.0 Å². The number of hydrogen-bond donors (Lipinski definition) is 0. The van der Waals surface area contributed by atoms with Crippen LogP contribution in [0.25, 0.3) is 0 Å². The van der Waals surface area contributed by atoms with Gasteiger partial charge in [0.05, 0.1) is 6.04 Å². The molecule has 1 aromatic heterocycles. The molecule has 3 rings (SSSR count). The highest BCUT2D eigenvalue weighted by atomic mass is 16.2. The summed E-state index contributed by atoms with van der Waals surface area (Å²) < 4.78 is 1.83. The number of aryl methyl sites for hydroxylation is 2. The van der Waals surface area contributed by atoms with Crippen molar-refractivity contribution in [3.63, 3.8) is 0 Å². The average Bonchev–Trinajstić information content (AvgIpc) is 3.16. The molecule has 0 bridgehead atoms. The monoisotopic (exact) mass is 325 g/mol. The summed E-state index contributed by atoms with van der Waals surface area (Å²) in [6, 6.07) is 8.51. The molecular weight excluding hydrogens is 298 g/mol. The van der Waals surface area contributed by atoms with Gasteiger partial charge in [-0.15, -0.1) is 0 Å². The lowest BCUT2D eigenvalue weighted by Gasteiger charge is -2.26. The number of nitrogens with zero attached hydrogens (tertiary/aromatic N) is 3. The van der Waals surface area contributed by atoms with Crippen molar-refractivity contribution < 1.29 is 4.79 Å². The third-order valence-corrected chi connectivity index (χ3v) is 5.25. The lowest BCUT2D eigenvalue weighted by Crippen LogP contribution is -2.31. The Morgan fingerprint density at radius 1 is 1.29 bits per heavy atom. The maximum Gasteiger partial charge on any atom is 0.274 e. The van der Waals surface area contributed by atoms with Crippen LogP contribution in [0.5, 0.6) is 0 Å². The van der Waals surface area contributed by atoms with Gasteiger partial charge >= 0.3 is 0 Å². The first kappa shape index (κ1) is 16.7. The van der Waals surface area contributed by atoms with E-state index in [1.165, 1.54) is 16.7 Å². The van der Waals surface area contributed by atoms with Crippen molar-refractivity contribution in [1.82, 2.24) is 14.7 Å². The molecule has 0 aliphatic carbocycles. The zero-order chi connectivity index (χ0) is 17.4. The largest absolute Gasteiger partial charge is 0.330 e. The summed E-state index contributed by atoms with van der Waals surface area (Å²) >= 11 is 0. The maximum absolute atomic E-state index is 13.1. The Labute approximate surface area is 144 Å². The van der Waals surface area contributed by atoms with Crippen molar-refractivity contribution in [3.8, 4) is 0 Å². The molecule has 1 saturated heterocycles. The minimum atomic E-state index is 0.0564. The lowest BCUT2D eigenvalue weighted by molar-refractivity contribution is 0.0728. The van der Waals surface area contributed by atoms with Crippen LogP contribution in [0.3, 0.4) is 0 Å². The topological polar surface area (TPSA) is 38.1 Å². The molecule has 4 heteroatoms. The highest BCUT2D eigenvalue weighted by Gasteiger charge is 2.33. The Balaban J connectivity index is 1.92. The zero-order valence-electron chi connectivity index (χ0n) is 15.3. The van der Waals surface area contributed by atoms with E-state index >= 15 is 0 Å². The maximum atomic E-state index is 13.1. The second kappa shape index (κ2) is 6.42. The van der Waals surface area contributed by atoms with E-state index in [1.54, 1.807) is 0 Å². The molecule has 0 spiro atoms. The second-order valence-electron chi connectivity index (χ2n) is 7.18. The van der Waals surface area contributed by atoms with Crippen LogP contribution in [0.1, 0.15) is 71.5 Å². The van der Waals surface area contributed by atoms with Gasteiger partial charge in [0, 0.05) is 19.3 Å². The van der Waals surface area contributed by atoms with Crippen LogP contribution in [0.2, 0.25) is 0 Å². The molecule has 24 heavy (non-hydrogen) atoms. The third-order valence-electron chi connectivity index (χ3n) is 5.25. The minimum Gasteiger partial charge on any atom is -0.330 e. The van der Waals surface area contributed by atoms with Gasteiger partial charge in [-0.25, -0.2) is 0 Å². The van der Waals surface area contributed by atoms with Crippen molar-refractivity contribution in [3.05, 3.63) is 52.3 Å². The first-order valence-corrected chi connectivity index (χ1v) is 8.81. The van der Waals surface area contributed by atoms with Gasteiger partial charge in [0.15, 0.2) is 5.69 Å². The van der Waals surface area contributed by atoms with Crippen molar-refractivity contribution in [2.24, 2.45) is 7.05 Å². The number of rotatable bonds is 3. The first-order valence-electron chi connectivity index (χ1n) is 8.81. The van der Waals surface area contributed by atoms with Crippen LogP contribution in [-0.4, -0.2) is 27.1 Å². The summed E-state index contributed by atoms with van der Waals surface area (Å²) in [5.41, 5.74) is 5.53. The van der Waals surface area contributed by atoms with E-state index in [0.717, 1.165) is 25.1 Å². The molecule has 1 amide bonds. The standard InChI is InChI=1S/C20H27N3O/c1-13(2)19-12-17(21-22(19)5)20(24)23-11-7-10-18(23)16-9-6-8-14(3)15(16)4/h6,8-9,12-13,18H,7,10-11H2,1-5H3. The molecule has 0 N–H and O–H groups in total. The van der Waals surface area contributed by atoms with E-state index in [9.17, 15) is 4.79 Å². The van der Waals surface area contributed by atoms with Gasteiger partial charge < -0.3 is 4.90 Å². The Morgan fingerprint density at radius 2 is 2.04 bits per heavy atom. The molecule has 1 fully saturated rings. The molecule has 1 aromatic carbocycles. The fourth-order valence-electron chi connectivity index (χ4n) is 3.74. The SMILES string of the molecule is Cc1cccc(C2CCCN2C(=O)c2cc(C(C)C)n(C)n2)c1C. The van der Waals surface area contributed by atoms with Crippen LogP contribution in [0.4, 0.5) is 0 Å². The van der Waals surface area contributed by atoms with Crippen LogP contribution in [0.15, 0.2) is 24.3 Å². The van der Waals surface area contributed by atoms with Crippen molar-refractivity contribution >= 4 is 5.91 Å². The lowest BCUT2D eigenvalue weighted by atomic mass is 9.96. The summed E-state index contributed by atoms with van der Waals surface area (Å²) in [5, 5.41) is 4.47. The van der Waals surface area contributed by atoms with Gasteiger partial charge in [-0.2, -0.15) is 5.10 Å². The van der Waals surface area contributed by atoms with Gasteiger partial charge in [0.1, 0.15) is 0 Å². The van der Waals surface area contributed by atoms with Gasteiger partial charge in [0.2, 0.25) is 0 Å². The van der Waals surface area contributed by atoms with Crippen molar-refractivity contribution in [2.45, 2.75) is 52.5 Å². The summed E-state index contributed by atoms with van der Waals surface area (Å²) in [7, 11) is 1.91. The molecule has 128 valence electrons. The van der Waals surface area contributed by atoms with Gasteiger partial charge in [-0.3, -0.25) is 9.48 Å². The van der Waals surface area contributed by atoms with Gasteiger partial charge in [0.25, 0.3) is 5.91 Å². The summed E-state index contributed by atoms with van der Waals surface area (Å²) in [6.45, 7) is 9.35. The second-order valence-corrected chi connectivity index (χ2v) is 7.18. The number of hydrogen-bond acceptors (Lipinski definition) is 2.